The highest BCUT2D eigenvalue weighted by molar-refractivity contribution is 5.47. The molecule has 0 spiro atoms. The molecule has 0 radical (unpaired) electrons. The van der Waals surface area contributed by atoms with Crippen LogP contribution in [-0.2, 0) is 11.3 Å². The minimum absolute atomic E-state index is 0.195. The van der Waals surface area contributed by atoms with E-state index in [9.17, 15) is 0 Å². The van der Waals surface area contributed by atoms with Crippen LogP contribution in [0.3, 0.4) is 0 Å². The Labute approximate surface area is 113 Å². The van der Waals surface area contributed by atoms with Gasteiger partial charge < -0.3 is 20.6 Å². The van der Waals surface area contributed by atoms with Crippen LogP contribution in [0, 0.1) is 0 Å². The number of ether oxygens (including phenoxy) is 1. The Hall–Kier alpha value is -1.44. The number of nitrogens with two attached hydrogens (primary N) is 1. The Balaban J connectivity index is 2.69. The second kappa shape index (κ2) is 8.63. The molecule has 0 bridgehead atoms. The molecular weight excluding hydrogens is 246 g/mol. The normalized spacial score (nSPS) is 12.2. The van der Waals surface area contributed by atoms with E-state index in [1.54, 1.807) is 6.07 Å². The van der Waals surface area contributed by atoms with Crippen molar-refractivity contribution in [2.24, 2.45) is 5.84 Å². The molecule has 7 nitrogen and oxygen atoms in total. The first kappa shape index (κ1) is 15.6. The van der Waals surface area contributed by atoms with Crippen molar-refractivity contribution in [3.05, 3.63) is 11.9 Å². The fourth-order valence-corrected chi connectivity index (χ4v) is 1.63. The molecule has 0 amide bonds. The maximum atomic E-state index is 8.81. The Morgan fingerprint density at radius 1 is 1.42 bits per heavy atom. The number of aliphatic hydroxyl groups excluding tert-OH is 1. The summed E-state index contributed by atoms with van der Waals surface area (Å²) in [5.41, 5.74) is 2.51. The number of nitrogen functional groups attached to an aromatic ring is 1. The van der Waals surface area contributed by atoms with E-state index < -0.39 is 0 Å². The van der Waals surface area contributed by atoms with Gasteiger partial charge in [-0.1, -0.05) is 0 Å². The largest absolute Gasteiger partial charge is 0.396 e. The minimum Gasteiger partial charge on any atom is -0.396 e. The molecule has 1 heterocycles. The molecule has 0 saturated heterocycles. The fraction of sp³-hybridized carbons (Fsp3) is 0.667. The molecule has 0 aliphatic rings. The third kappa shape index (κ3) is 5.82. The number of nitrogens with one attached hydrogen (secondary N) is 2. The Morgan fingerprint density at radius 2 is 2.16 bits per heavy atom. The molecule has 7 heteroatoms. The third-order valence-corrected chi connectivity index (χ3v) is 2.55. The number of hydrogen-bond acceptors (Lipinski definition) is 7. The van der Waals surface area contributed by atoms with Crippen molar-refractivity contribution >= 4 is 11.6 Å². The summed E-state index contributed by atoms with van der Waals surface area (Å²) in [5.74, 6) is 7.20. The summed E-state index contributed by atoms with van der Waals surface area (Å²) < 4.78 is 5.29. The summed E-state index contributed by atoms with van der Waals surface area (Å²) >= 11 is 0. The van der Waals surface area contributed by atoms with Crippen molar-refractivity contribution in [1.82, 2.24) is 9.97 Å². The van der Waals surface area contributed by atoms with Crippen LogP contribution in [0.15, 0.2) is 6.07 Å². The Bertz CT molecular complexity index is 375. The van der Waals surface area contributed by atoms with Gasteiger partial charge in [-0.05, 0) is 26.7 Å². The molecule has 19 heavy (non-hydrogen) atoms. The first-order valence-electron chi connectivity index (χ1n) is 6.49. The lowest BCUT2D eigenvalue weighted by Crippen LogP contribution is -2.18. The summed E-state index contributed by atoms with van der Waals surface area (Å²) in [6, 6.07) is 1.96. The molecule has 0 fully saturated rings. The summed E-state index contributed by atoms with van der Waals surface area (Å²) in [4.78, 5) is 8.57. The van der Waals surface area contributed by atoms with Crippen molar-refractivity contribution in [3.63, 3.8) is 0 Å². The van der Waals surface area contributed by atoms with Gasteiger partial charge in [0.15, 0.2) is 5.82 Å². The number of hydrazine groups is 1. The monoisotopic (exact) mass is 269 g/mol. The van der Waals surface area contributed by atoms with Crippen LogP contribution in [-0.4, -0.2) is 34.3 Å². The van der Waals surface area contributed by atoms with Gasteiger partial charge in [0.05, 0.1) is 0 Å². The molecule has 1 atom stereocenters. The molecule has 1 aromatic heterocycles. The minimum atomic E-state index is 0.195. The van der Waals surface area contributed by atoms with Crippen LogP contribution in [0.1, 0.15) is 32.5 Å². The lowest BCUT2D eigenvalue weighted by molar-refractivity contribution is 0.128. The van der Waals surface area contributed by atoms with Gasteiger partial charge >= 0.3 is 0 Å². The van der Waals surface area contributed by atoms with Gasteiger partial charge in [0.2, 0.25) is 0 Å². The van der Waals surface area contributed by atoms with Gasteiger partial charge in [-0.15, -0.1) is 0 Å². The third-order valence-electron chi connectivity index (χ3n) is 2.55. The standard InChI is InChI=1S/C12H23N5O2/c1-3-19-8-12-15-10(7-11(16-12)17-13)14-9(2)5-4-6-18/h7,9,18H,3-6,8,13H2,1-2H3,(H2,14,15,16,17). The average Bonchev–Trinajstić information content (AvgIpc) is 2.42. The molecular formula is C12H23N5O2. The first-order valence-corrected chi connectivity index (χ1v) is 6.49. The van der Waals surface area contributed by atoms with Crippen LogP contribution in [0.4, 0.5) is 11.6 Å². The van der Waals surface area contributed by atoms with E-state index in [-0.39, 0.29) is 12.6 Å². The number of aromatic nitrogens is 2. The van der Waals surface area contributed by atoms with E-state index in [2.05, 4.69) is 20.7 Å². The van der Waals surface area contributed by atoms with Crippen LogP contribution < -0.4 is 16.6 Å². The van der Waals surface area contributed by atoms with Gasteiger partial charge in [-0.3, -0.25) is 0 Å². The van der Waals surface area contributed by atoms with Gasteiger partial charge in [0, 0.05) is 25.3 Å². The molecule has 0 aromatic carbocycles. The van der Waals surface area contributed by atoms with Gasteiger partial charge in [0.1, 0.15) is 18.2 Å². The highest BCUT2D eigenvalue weighted by Gasteiger charge is 2.07. The predicted molar refractivity (Wildman–Crippen MR) is 74.6 cm³/mol. The van der Waals surface area contributed by atoms with E-state index in [0.29, 0.717) is 30.7 Å². The molecule has 5 N–H and O–H groups in total. The number of hydrogen-bond donors (Lipinski definition) is 4. The van der Waals surface area contributed by atoms with Crippen LogP contribution >= 0.6 is 0 Å². The number of nitrogens with zero attached hydrogens (tertiary/aromatic N) is 2. The van der Waals surface area contributed by atoms with Crippen LogP contribution in [0.2, 0.25) is 0 Å². The lowest BCUT2D eigenvalue weighted by Gasteiger charge is -2.15. The summed E-state index contributed by atoms with van der Waals surface area (Å²) in [5, 5.41) is 12.1. The van der Waals surface area contributed by atoms with Gasteiger partial charge in [-0.2, -0.15) is 0 Å². The Morgan fingerprint density at radius 3 is 2.79 bits per heavy atom. The van der Waals surface area contributed by atoms with E-state index in [1.165, 1.54) is 0 Å². The van der Waals surface area contributed by atoms with Crippen molar-refractivity contribution in [1.29, 1.82) is 0 Å². The van der Waals surface area contributed by atoms with Gasteiger partial charge in [0.25, 0.3) is 0 Å². The maximum absolute atomic E-state index is 8.81. The second-order valence-electron chi connectivity index (χ2n) is 4.25. The summed E-state index contributed by atoms with van der Waals surface area (Å²) in [6.45, 7) is 5.11. The second-order valence-corrected chi connectivity index (χ2v) is 4.25. The van der Waals surface area contributed by atoms with E-state index in [4.69, 9.17) is 15.7 Å². The quantitative estimate of drug-likeness (QED) is 0.389. The van der Waals surface area contributed by atoms with Crippen molar-refractivity contribution < 1.29 is 9.84 Å². The van der Waals surface area contributed by atoms with E-state index in [1.807, 2.05) is 13.8 Å². The Kier molecular flexibility index (Phi) is 7.09. The summed E-state index contributed by atoms with van der Waals surface area (Å²) in [6.07, 6.45) is 1.62. The number of rotatable bonds is 9. The lowest BCUT2D eigenvalue weighted by atomic mass is 10.2. The summed E-state index contributed by atoms with van der Waals surface area (Å²) in [7, 11) is 0. The zero-order chi connectivity index (χ0) is 14.1. The first-order chi connectivity index (χ1) is 9.19. The smallest absolute Gasteiger partial charge is 0.158 e. The number of anilines is 2. The molecule has 1 rings (SSSR count). The average molecular weight is 269 g/mol. The maximum Gasteiger partial charge on any atom is 0.158 e. The number of aliphatic hydroxyl groups is 1. The van der Waals surface area contributed by atoms with Crippen molar-refractivity contribution in [3.8, 4) is 0 Å². The topological polar surface area (TPSA) is 105 Å². The molecule has 1 aromatic rings. The molecule has 108 valence electrons. The van der Waals surface area contributed by atoms with Gasteiger partial charge in [-0.25, -0.2) is 15.8 Å². The molecule has 0 aliphatic heterocycles. The van der Waals surface area contributed by atoms with Crippen molar-refractivity contribution in [2.75, 3.05) is 24.0 Å². The highest BCUT2D eigenvalue weighted by atomic mass is 16.5. The van der Waals surface area contributed by atoms with Crippen molar-refractivity contribution in [2.45, 2.75) is 39.3 Å². The predicted octanol–water partition coefficient (Wildman–Crippen LogP) is 0.872. The SMILES string of the molecule is CCOCc1nc(NN)cc(NC(C)CCCO)n1. The zero-order valence-electron chi connectivity index (χ0n) is 11.5. The fourth-order valence-electron chi connectivity index (χ4n) is 1.63. The molecule has 1 unspecified atom stereocenters. The highest BCUT2D eigenvalue weighted by Crippen LogP contribution is 2.13. The molecule has 0 aliphatic carbocycles. The van der Waals surface area contributed by atoms with E-state index >= 15 is 0 Å². The molecule has 0 saturated carbocycles. The van der Waals surface area contributed by atoms with Crippen LogP contribution in [0.25, 0.3) is 0 Å². The van der Waals surface area contributed by atoms with Crippen LogP contribution in [0.5, 0.6) is 0 Å². The van der Waals surface area contributed by atoms with E-state index in [0.717, 1.165) is 12.8 Å². The zero-order valence-corrected chi connectivity index (χ0v) is 11.5.